The van der Waals surface area contributed by atoms with Gasteiger partial charge in [-0.1, -0.05) is 0 Å². The van der Waals surface area contributed by atoms with Crippen molar-refractivity contribution in [1.82, 2.24) is 9.97 Å². The van der Waals surface area contributed by atoms with Crippen molar-refractivity contribution in [2.45, 2.75) is 13.0 Å². The van der Waals surface area contributed by atoms with Crippen molar-refractivity contribution in [2.24, 2.45) is 5.73 Å². The number of morpholine rings is 1. The molecule has 1 saturated heterocycles. The zero-order chi connectivity index (χ0) is 12.1. The molecule has 17 heavy (non-hydrogen) atoms. The molecular weight excluding hydrogens is 220 g/mol. The lowest BCUT2D eigenvalue weighted by atomic mass is 10.3. The van der Waals surface area contributed by atoms with Gasteiger partial charge in [-0.3, -0.25) is 4.98 Å². The Hall–Kier alpha value is -1.40. The Bertz CT molecular complexity index is 361. The minimum Gasteiger partial charge on any atom is -0.477 e. The maximum atomic E-state index is 5.61. The van der Waals surface area contributed by atoms with Crippen molar-refractivity contribution in [3.8, 4) is 5.88 Å². The summed E-state index contributed by atoms with van der Waals surface area (Å²) in [5.74, 6) is 1.37. The van der Waals surface area contributed by atoms with Crippen LogP contribution in [0.5, 0.6) is 5.88 Å². The van der Waals surface area contributed by atoms with E-state index in [4.69, 9.17) is 15.2 Å². The Balaban J connectivity index is 2.07. The highest BCUT2D eigenvalue weighted by Crippen LogP contribution is 2.16. The fraction of sp³-hybridized carbons (Fsp3) is 0.636. The molecule has 1 fully saturated rings. The molecule has 6 heteroatoms. The average molecular weight is 238 g/mol. The SMILES string of the molecule is CCOc1cncc(N2CCOC(CN)C2)n1. The lowest BCUT2D eigenvalue weighted by Gasteiger charge is -2.32. The van der Waals surface area contributed by atoms with Crippen LogP contribution in [-0.2, 0) is 4.74 Å². The van der Waals surface area contributed by atoms with Gasteiger partial charge in [0.1, 0.15) is 0 Å². The van der Waals surface area contributed by atoms with Crippen LogP contribution in [0.15, 0.2) is 12.4 Å². The van der Waals surface area contributed by atoms with Gasteiger partial charge in [-0.15, -0.1) is 0 Å². The molecule has 2 N–H and O–H groups in total. The lowest BCUT2D eigenvalue weighted by molar-refractivity contribution is 0.0462. The number of ether oxygens (including phenoxy) is 2. The molecule has 1 atom stereocenters. The predicted octanol–water partition coefficient (Wildman–Crippen LogP) is 0.0392. The van der Waals surface area contributed by atoms with E-state index in [1.807, 2.05) is 6.92 Å². The van der Waals surface area contributed by atoms with Crippen LogP contribution < -0.4 is 15.4 Å². The second-order valence-corrected chi connectivity index (χ2v) is 3.82. The number of aromatic nitrogens is 2. The maximum Gasteiger partial charge on any atom is 0.234 e. The van der Waals surface area contributed by atoms with Crippen molar-refractivity contribution in [1.29, 1.82) is 0 Å². The van der Waals surface area contributed by atoms with Crippen LogP contribution in [-0.4, -0.2) is 48.9 Å². The van der Waals surface area contributed by atoms with Gasteiger partial charge in [0, 0.05) is 19.6 Å². The van der Waals surface area contributed by atoms with E-state index in [-0.39, 0.29) is 6.10 Å². The second kappa shape index (κ2) is 5.79. The van der Waals surface area contributed by atoms with Crippen LogP contribution in [0.1, 0.15) is 6.92 Å². The number of rotatable bonds is 4. The molecule has 0 spiro atoms. The van der Waals surface area contributed by atoms with E-state index in [2.05, 4.69) is 14.9 Å². The number of hydrogen-bond acceptors (Lipinski definition) is 6. The molecular formula is C11H18N4O2. The van der Waals surface area contributed by atoms with Gasteiger partial charge in [0.15, 0.2) is 5.82 Å². The van der Waals surface area contributed by atoms with Gasteiger partial charge in [-0.05, 0) is 6.92 Å². The van der Waals surface area contributed by atoms with Crippen LogP contribution in [0.25, 0.3) is 0 Å². The summed E-state index contributed by atoms with van der Waals surface area (Å²) >= 11 is 0. The highest BCUT2D eigenvalue weighted by atomic mass is 16.5. The van der Waals surface area contributed by atoms with Gasteiger partial charge in [0.25, 0.3) is 0 Å². The highest BCUT2D eigenvalue weighted by Gasteiger charge is 2.20. The fourth-order valence-corrected chi connectivity index (χ4v) is 1.78. The van der Waals surface area contributed by atoms with E-state index in [9.17, 15) is 0 Å². The summed E-state index contributed by atoms with van der Waals surface area (Å²) in [4.78, 5) is 10.6. The molecule has 0 bridgehead atoms. The quantitative estimate of drug-likeness (QED) is 0.798. The summed E-state index contributed by atoms with van der Waals surface area (Å²) < 4.78 is 10.8. The van der Waals surface area contributed by atoms with E-state index in [1.165, 1.54) is 0 Å². The third-order valence-corrected chi connectivity index (χ3v) is 2.62. The van der Waals surface area contributed by atoms with Gasteiger partial charge in [-0.25, -0.2) is 0 Å². The minimum absolute atomic E-state index is 0.0706. The molecule has 1 unspecified atom stereocenters. The van der Waals surface area contributed by atoms with Crippen LogP contribution in [0.4, 0.5) is 5.82 Å². The Morgan fingerprint density at radius 3 is 3.24 bits per heavy atom. The molecule has 6 nitrogen and oxygen atoms in total. The fourth-order valence-electron chi connectivity index (χ4n) is 1.78. The molecule has 2 heterocycles. The lowest BCUT2D eigenvalue weighted by Crippen LogP contribution is -2.46. The van der Waals surface area contributed by atoms with Crippen LogP contribution in [0.3, 0.4) is 0 Å². The van der Waals surface area contributed by atoms with Gasteiger partial charge in [0.2, 0.25) is 5.88 Å². The molecule has 0 aliphatic carbocycles. The van der Waals surface area contributed by atoms with E-state index in [0.29, 0.717) is 25.6 Å². The first-order valence-corrected chi connectivity index (χ1v) is 5.85. The Kier molecular flexibility index (Phi) is 4.11. The van der Waals surface area contributed by atoms with Gasteiger partial charge in [0.05, 0.1) is 31.7 Å². The highest BCUT2D eigenvalue weighted by molar-refractivity contribution is 5.38. The zero-order valence-electron chi connectivity index (χ0n) is 10.0. The summed E-state index contributed by atoms with van der Waals surface area (Å²) in [5, 5.41) is 0. The monoisotopic (exact) mass is 238 g/mol. The summed E-state index contributed by atoms with van der Waals surface area (Å²) in [5.41, 5.74) is 5.61. The summed E-state index contributed by atoms with van der Waals surface area (Å²) in [7, 11) is 0. The Labute approximate surface area is 101 Å². The molecule has 1 aromatic rings. The number of nitrogens with zero attached hydrogens (tertiary/aromatic N) is 3. The van der Waals surface area contributed by atoms with Crippen molar-refractivity contribution in [3.63, 3.8) is 0 Å². The van der Waals surface area contributed by atoms with Gasteiger partial charge < -0.3 is 20.1 Å². The zero-order valence-corrected chi connectivity index (χ0v) is 10.0. The molecule has 0 radical (unpaired) electrons. The van der Waals surface area contributed by atoms with Crippen LogP contribution in [0, 0.1) is 0 Å². The van der Waals surface area contributed by atoms with E-state index >= 15 is 0 Å². The number of anilines is 1. The van der Waals surface area contributed by atoms with Crippen molar-refractivity contribution < 1.29 is 9.47 Å². The van der Waals surface area contributed by atoms with Crippen LogP contribution >= 0.6 is 0 Å². The number of nitrogens with two attached hydrogens (primary N) is 1. The van der Waals surface area contributed by atoms with Crippen LogP contribution in [0.2, 0.25) is 0 Å². The van der Waals surface area contributed by atoms with Crippen molar-refractivity contribution in [3.05, 3.63) is 12.4 Å². The third kappa shape index (κ3) is 3.04. The summed E-state index contributed by atoms with van der Waals surface area (Å²) in [6.45, 7) is 5.26. The smallest absolute Gasteiger partial charge is 0.234 e. The van der Waals surface area contributed by atoms with Gasteiger partial charge >= 0.3 is 0 Å². The molecule has 2 rings (SSSR count). The number of hydrogen-bond donors (Lipinski definition) is 1. The van der Waals surface area contributed by atoms with Crippen molar-refractivity contribution in [2.75, 3.05) is 37.7 Å². The third-order valence-electron chi connectivity index (χ3n) is 2.62. The molecule has 1 aromatic heterocycles. The molecule has 94 valence electrons. The first kappa shape index (κ1) is 12.1. The van der Waals surface area contributed by atoms with E-state index in [1.54, 1.807) is 12.4 Å². The summed E-state index contributed by atoms with van der Waals surface area (Å²) in [6.07, 6.45) is 3.43. The summed E-state index contributed by atoms with van der Waals surface area (Å²) in [6, 6.07) is 0. The largest absolute Gasteiger partial charge is 0.477 e. The standard InChI is InChI=1S/C11H18N4O2/c1-2-16-11-7-13-6-10(14-11)15-3-4-17-9(5-12)8-15/h6-7,9H,2-5,8,12H2,1H3. The first-order chi connectivity index (χ1) is 8.33. The Morgan fingerprint density at radius 1 is 1.59 bits per heavy atom. The molecule has 1 aliphatic rings. The first-order valence-electron chi connectivity index (χ1n) is 5.85. The van der Waals surface area contributed by atoms with Gasteiger partial charge in [-0.2, -0.15) is 4.98 Å². The predicted molar refractivity (Wildman–Crippen MR) is 64.2 cm³/mol. The average Bonchev–Trinajstić information content (AvgIpc) is 2.40. The van der Waals surface area contributed by atoms with E-state index in [0.717, 1.165) is 18.9 Å². The maximum absolute atomic E-state index is 5.61. The Morgan fingerprint density at radius 2 is 2.47 bits per heavy atom. The molecule has 0 aromatic carbocycles. The molecule has 1 aliphatic heterocycles. The van der Waals surface area contributed by atoms with E-state index < -0.39 is 0 Å². The second-order valence-electron chi connectivity index (χ2n) is 3.82. The molecule has 0 amide bonds. The minimum atomic E-state index is 0.0706. The van der Waals surface area contributed by atoms with Crippen molar-refractivity contribution >= 4 is 5.82 Å². The normalized spacial score (nSPS) is 20.4. The topological polar surface area (TPSA) is 73.5 Å². The molecule has 0 saturated carbocycles.